The van der Waals surface area contributed by atoms with Crippen LogP contribution in [0.25, 0.3) is 11.3 Å². The van der Waals surface area contributed by atoms with Crippen LogP contribution in [0.3, 0.4) is 0 Å². The Labute approximate surface area is 125 Å². The lowest BCUT2D eigenvalue weighted by molar-refractivity contribution is 0.512. The molecule has 0 spiro atoms. The van der Waals surface area contributed by atoms with Gasteiger partial charge in [-0.1, -0.05) is 32.0 Å². The fourth-order valence-corrected chi connectivity index (χ4v) is 2.68. The number of imidazole rings is 1. The molecular formula is C17H20N4. The van der Waals surface area contributed by atoms with Crippen LogP contribution >= 0.6 is 0 Å². The average Bonchev–Trinajstić information content (AvgIpc) is 3.26. The minimum Gasteiger partial charge on any atom is -0.383 e. The Morgan fingerprint density at radius 3 is 2.71 bits per heavy atom. The van der Waals surface area contributed by atoms with Gasteiger partial charge in [-0.3, -0.25) is 0 Å². The van der Waals surface area contributed by atoms with Gasteiger partial charge < -0.3 is 10.3 Å². The molecule has 2 aromatic rings. The normalized spacial score (nSPS) is 14.4. The summed E-state index contributed by atoms with van der Waals surface area (Å²) >= 11 is 0. The molecule has 4 heteroatoms. The highest BCUT2D eigenvalue weighted by Gasteiger charge is 2.31. The van der Waals surface area contributed by atoms with Gasteiger partial charge in [0.1, 0.15) is 17.3 Å². The number of nitrogens with two attached hydrogens (primary N) is 1. The molecule has 1 aromatic carbocycles. The molecule has 0 atom stereocenters. The van der Waals surface area contributed by atoms with Crippen LogP contribution in [0.2, 0.25) is 0 Å². The minimum atomic E-state index is 0.512. The number of nitriles is 1. The summed E-state index contributed by atoms with van der Waals surface area (Å²) in [5.41, 5.74) is 8.58. The lowest BCUT2D eigenvalue weighted by Crippen LogP contribution is -2.11. The highest BCUT2D eigenvalue weighted by molar-refractivity contribution is 5.76. The molecule has 4 nitrogen and oxygen atoms in total. The minimum absolute atomic E-state index is 0.512. The number of benzene rings is 1. The van der Waals surface area contributed by atoms with Crippen molar-refractivity contribution in [2.75, 3.05) is 5.73 Å². The Morgan fingerprint density at radius 1 is 1.38 bits per heavy atom. The largest absolute Gasteiger partial charge is 0.383 e. The molecule has 21 heavy (non-hydrogen) atoms. The maximum atomic E-state index is 9.29. The third-order valence-electron chi connectivity index (χ3n) is 3.83. The van der Waals surface area contributed by atoms with Crippen LogP contribution in [0.15, 0.2) is 24.3 Å². The van der Waals surface area contributed by atoms with Crippen LogP contribution in [0.5, 0.6) is 0 Å². The molecule has 0 bridgehead atoms. The van der Waals surface area contributed by atoms with Crippen molar-refractivity contribution in [1.29, 1.82) is 5.26 Å². The summed E-state index contributed by atoms with van der Waals surface area (Å²) in [4.78, 5) is 4.79. The quantitative estimate of drug-likeness (QED) is 0.931. The van der Waals surface area contributed by atoms with Crippen molar-refractivity contribution in [3.05, 3.63) is 35.7 Å². The summed E-state index contributed by atoms with van der Waals surface area (Å²) in [5, 5.41) is 9.29. The van der Waals surface area contributed by atoms with Gasteiger partial charge >= 0.3 is 0 Å². The number of hydrogen-bond acceptors (Lipinski definition) is 3. The zero-order valence-electron chi connectivity index (χ0n) is 12.5. The second-order valence-electron chi connectivity index (χ2n) is 6.14. The molecule has 1 aliphatic carbocycles. The molecule has 0 amide bonds. The Bertz CT molecular complexity index is 702. The first kappa shape index (κ1) is 13.7. The molecule has 3 rings (SSSR count). The molecule has 1 aliphatic rings. The van der Waals surface area contributed by atoms with E-state index in [1.165, 1.54) is 12.8 Å². The maximum absolute atomic E-state index is 9.29. The van der Waals surface area contributed by atoms with E-state index in [0.717, 1.165) is 23.6 Å². The van der Waals surface area contributed by atoms with Gasteiger partial charge in [0.15, 0.2) is 0 Å². The first-order chi connectivity index (χ1) is 10.1. The van der Waals surface area contributed by atoms with Crippen molar-refractivity contribution < 1.29 is 0 Å². The number of anilines is 1. The van der Waals surface area contributed by atoms with Gasteiger partial charge in [0, 0.05) is 18.0 Å². The van der Waals surface area contributed by atoms with Gasteiger partial charge in [0.25, 0.3) is 0 Å². The third-order valence-corrected chi connectivity index (χ3v) is 3.83. The molecular weight excluding hydrogens is 260 g/mol. The van der Waals surface area contributed by atoms with Crippen LogP contribution in [-0.4, -0.2) is 9.55 Å². The van der Waals surface area contributed by atoms with Crippen molar-refractivity contribution in [3.8, 4) is 17.3 Å². The smallest absolute Gasteiger partial charge is 0.131 e. The van der Waals surface area contributed by atoms with Crippen molar-refractivity contribution in [2.45, 2.75) is 39.2 Å². The summed E-state index contributed by atoms with van der Waals surface area (Å²) in [6.07, 6.45) is 2.38. The van der Waals surface area contributed by atoms with Crippen LogP contribution in [0.4, 0.5) is 5.82 Å². The van der Waals surface area contributed by atoms with E-state index in [-0.39, 0.29) is 0 Å². The fourth-order valence-electron chi connectivity index (χ4n) is 2.68. The Balaban J connectivity index is 2.13. The summed E-state index contributed by atoms with van der Waals surface area (Å²) < 4.78 is 2.14. The van der Waals surface area contributed by atoms with Crippen LogP contribution in [0.1, 0.15) is 44.0 Å². The van der Waals surface area contributed by atoms with Crippen LogP contribution in [-0.2, 0) is 6.54 Å². The second kappa shape index (κ2) is 5.25. The first-order valence-electron chi connectivity index (χ1n) is 7.47. The van der Waals surface area contributed by atoms with E-state index in [1.54, 1.807) is 0 Å². The molecule has 1 heterocycles. The zero-order valence-corrected chi connectivity index (χ0v) is 12.5. The van der Waals surface area contributed by atoms with Crippen LogP contribution in [0, 0.1) is 17.2 Å². The van der Waals surface area contributed by atoms with E-state index < -0.39 is 0 Å². The average molecular weight is 280 g/mol. The molecule has 0 aliphatic heterocycles. The molecule has 0 radical (unpaired) electrons. The molecule has 1 saturated carbocycles. The Kier molecular flexibility index (Phi) is 3.42. The molecule has 108 valence electrons. The van der Waals surface area contributed by atoms with Crippen molar-refractivity contribution >= 4 is 5.82 Å². The molecule has 2 N–H and O–H groups in total. The molecule has 0 unspecified atom stereocenters. The van der Waals surface area contributed by atoms with Crippen molar-refractivity contribution in [3.63, 3.8) is 0 Å². The lowest BCUT2D eigenvalue weighted by Gasteiger charge is -2.12. The summed E-state index contributed by atoms with van der Waals surface area (Å²) in [6, 6.07) is 9.76. The van der Waals surface area contributed by atoms with Gasteiger partial charge in [-0.05, 0) is 24.8 Å². The van der Waals surface area contributed by atoms with Crippen LogP contribution < -0.4 is 5.73 Å². The third kappa shape index (κ3) is 2.52. The zero-order chi connectivity index (χ0) is 15.0. The topological polar surface area (TPSA) is 67.6 Å². The summed E-state index contributed by atoms with van der Waals surface area (Å²) in [7, 11) is 0. The van der Waals surface area contributed by atoms with Gasteiger partial charge in [-0.2, -0.15) is 5.26 Å². The lowest BCUT2D eigenvalue weighted by atomic mass is 10.1. The Hall–Kier alpha value is -2.28. The number of aromatic nitrogens is 2. The molecule has 0 saturated heterocycles. The number of nitrogen functional groups attached to an aromatic ring is 1. The molecule has 1 fully saturated rings. The maximum Gasteiger partial charge on any atom is 0.131 e. The van der Waals surface area contributed by atoms with E-state index in [4.69, 9.17) is 10.7 Å². The Morgan fingerprint density at radius 2 is 2.10 bits per heavy atom. The van der Waals surface area contributed by atoms with E-state index >= 15 is 0 Å². The number of nitrogens with zero attached hydrogens (tertiary/aromatic N) is 3. The first-order valence-corrected chi connectivity index (χ1v) is 7.47. The monoisotopic (exact) mass is 280 g/mol. The predicted molar refractivity (Wildman–Crippen MR) is 83.6 cm³/mol. The van der Waals surface area contributed by atoms with Crippen molar-refractivity contribution in [2.24, 2.45) is 5.92 Å². The van der Waals surface area contributed by atoms with E-state index in [0.29, 0.717) is 23.2 Å². The standard InChI is InChI=1S/C17H20N4/c1-11(2)10-21-16(19)15(20-17(21)12-7-8-12)14-6-4-3-5-13(14)9-18/h3-6,11-12H,7-8,10,19H2,1-2H3. The highest BCUT2D eigenvalue weighted by atomic mass is 15.2. The van der Waals surface area contributed by atoms with Crippen molar-refractivity contribution in [1.82, 2.24) is 9.55 Å². The summed E-state index contributed by atoms with van der Waals surface area (Å²) in [6.45, 7) is 5.23. The second-order valence-corrected chi connectivity index (χ2v) is 6.14. The SMILES string of the molecule is CC(C)Cn1c(C2CC2)nc(-c2ccccc2C#N)c1N. The van der Waals surface area contributed by atoms with Gasteiger partial charge in [-0.15, -0.1) is 0 Å². The van der Waals surface area contributed by atoms with E-state index in [2.05, 4.69) is 24.5 Å². The van der Waals surface area contributed by atoms with E-state index in [1.807, 2.05) is 24.3 Å². The predicted octanol–water partition coefficient (Wildman–Crippen LogP) is 3.54. The van der Waals surface area contributed by atoms with Gasteiger partial charge in [0.05, 0.1) is 11.6 Å². The summed E-state index contributed by atoms with van der Waals surface area (Å²) in [5.74, 6) is 2.82. The number of hydrogen-bond donors (Lipinski definition) is 1. The molecule has 1 aromatic heterocycles. The fraction of sp³-hybridized carbons (Fsp3) is 0.412. The highest BCUT2D eigenvalue weighted by Crippen LogP contribution is 2.42. The van der Waals surface area contributed by atoms with E-state index in [9.17, 15) is 5.26 Å². The number of rotatable bonds is 4. The van der Waals surface area contributed by atoms with Gasteiger partial charge in [0.2, 0.25) is 0 Å². The van der Waals surface area contributed by atoms with Gasteiger partial charge in [-0.25, -0.2) is 4.98 Å².